The molecule has 1 aromatic heterocycles. The predicted molar refractivity (Wildman–Crippen MR) is 118 cm³/mol. The summed E-state index contributed by atoms with van der Waals surface area (Å²) < 4.78 is 5.59. The van der Waals surface area contributed by atoms with Gasteiger partial charge in [-0.05, 0) is 45.3 Å². The van der Waals surface area contributed by atoms with Gasteiger partial charge in [0.15, 0.2) is 10.4 Å². The largest absolute Gasteiger partial charge is 0.480 e. The van der Waals surface area contributed by atoms with E-state index in [0.717, 1.165) is 5.56 Å². The zero-order chi connectivity index (χ0) is 22.2. The topological polar surface area (TPSA) is 109 Å². The molecule has 0 spiro atoms. The molecule has 7 nitrogen and oxygen atoms in total. The summed E-state index contributed by atoms with van der Waals surface area (Å²) in [6.07, 6.45) is 1.56. The van der Waals surface area contributed by atoms with Crippen LogP contribution in [-0.2, 0) is 16.0 Å². The number of carbonyl (C=O) groups excluding carboxylic acids is 2. The molecular formula is C23H19BrN2O5. The molecule has 1 atom stereocenters. The second-order valence-electron chi connectivity index (χ2n) is 6.58. The van der Waals surface area contributed by atoms with Crippen LogP contribution in [0.3, 0.4) is 0 Å². The summed E-state index contributed by atoms with van der Waals surface area (Å²) in [5, 5.41) is 14.6. The standard InChI is InChI=1S/C23H19BrN2O5/c24-20-12-11-19(31-20)22(28)25-17(13-15-7-3-1-4-8-15)21(27)26-18(23(29)30)14-16-9-5-2-6-10-16/h1-13,18H,14H2,(H,25,28)(H,26,27)(H,29,30)/b17-13-/t18-/m1/s1. The van der Waals surface area contributed by atoms with E-state index in [2.05, 4.69) is 26.6 Å². The van der Waals surface area contributed by atoms with Gasteiger partial charge in [0.05, 0.1) is 0 Å². The molecule has 0 saturated heterocycles. The number of hydrogen-bond donors (Lipinski definition) is 3. The minimum atomic E-state index is -1.18. The average Bonchev–Trinajstić information content (AvgIpc) is 3.20. The van der Waals surface area contributed by atoms with Crippen LogP contribution in [-0.4, -0.2) is 28.9 Å². The molecule has 2 aromatic carbocycles. The lowest BCUT2D eigenvalue weighted by atomic mass is 10.1. The third-order valence-electron chi connectivity index (χ3n) is 4.29. The number of furan rings is 1. The molecule has 158 valence electrons. The van der Waals surface area contributed by atoms with Crippen molar-refractivity contribution in [3.8, 4) is 0 Å². The molecule has 0 saturated carbocycles. The fraction of sp³-hybridized carbons (Fsp3) is 0.0870. The number of carbonyl (C=O) groups is 3. The highest BCUT2D eigenvalue weighted by atomic mass is 79.9. The molecule has 0 aliphatic carbocycles. The van der Waals surface area contributed by atoms with E-state index in [-0.39, 0.29) is 17.9 Å². The molecule has 3 rings (SSSR count). The Kier molecular flexibility index (Phi) is 7.40. The Morgan fingerprint density at radius 3 is 2.19 bits per heavy atom. The lowest BCUT2D eigenvalue weighted by molar-refractivity contribution is -0.141. The van der Waals surface area contributed by atoms with Crippen LogP contribution in [0, 0.1) is 0 Å². The van der Waals surface area contributed by atoms with Gasteiger partial charge in [-0.15, -0.1) is 0 Å². The number of carboxylic acid groups (broad SMARTS) is 1. The van der Waals surface area contributed by atoms with Crippen molar-refractivity contribution in [3.05, 3.63) is 100 Å². The highest BCUT2D eigenvalue weighted by Crippen LogP contribution is 2.15. The summed E-state index contributed by atoms with van der Waals surface area (Å²) in [6, 6.07) is 19.7. The normalized spacial score (nSPS) is 12.1. The first kappa shape index (κ1) is 22.0. The fourth-order valence-electron chi connectivity index (χ4n) is 2.78. The maximum absolute atomic E-state index is 12.9. The van der Waals surface area contributed by atoms with E-state index in [4.69, 9.17) is 4.42 Å². The van der Waals surface area contributed by atoms with Gasteiger partial charge >= 0.3 is 5.97 Å². The molecule has 0 aliphatic heterocycles. The van der Waals surface area contributed by atoms with Crippen molar-refractivity contribution < 1.29 is 23.9 Å². The van der Waals surface area contributed by atoms with Crippen molar-refractivity contribution in [1.29, 1.82) is 0 Å². The van der Waals surface area contributed by atoms with E-state index in [9.17, 15) is 19.5 Å². The van der Waals surface area contributed by atoms with Gasteiger partial charge in [0.25, 0.3) is 11.8 Å². The number of rotatable bonds is 8. The summed E-state index contributed by atoms with van der Waals surface area (Å²) in [6.45, 7) is 0. The Balaban J connectivity index is 1.83. The quantitative estimate of drug-likeness (QED) is 0.424. The second kappa shape index (κ2) is 10.4. The maximum Gasteiger partial charge on any atom is 0.326 e. The van der Waals surface area contributed by atoms with Crippen molar-refractivity contribution >= 4 is 39.8 Å². The van der Waals surface area contributed by atoms with Crippen molar-refractivity contribution in [2.45, 2.75) is 12.5 Å². The van der Waals surface area contributed by atoms with Gasteiger partial charge < -0.3 is 20.2 Å². The molecule has 2 amide bonds. The van der Waals surface area contributed by atoms with Gasteiger partial charge in [-0.2, -0.15) is 0 Å². The third-order valence-corrected chi connectivity index (χ3v) is 4.71. The van der Waals surface area contributed by atoms with Crippen LogP contribution in [0.15, 0.2) is 87.6 Å². The highest BCUT2D eigenvalue weighted by molar-refractivity contribution is 9.10. The molecule has 1 heterocycles. The molecule has 0 aliphatic rings. The third kappa shape index (κ3) is 6.42. The Hall–Kier alpha value is -3.65. The van der Waals surface area contributed by atoms with Crippen LogP contribution < -0.4 is 10.6 Å². The number of aliphatic carboxylic acids is 1. The monoisotopic (exact) mass is 482 g/mol. The molecule has 0 unspecified atom stereocenters. The van der Waals surface area contributed by atoms with Gasteiger partial charge in [-0.3, -0.25) is 9.59 Å². The number of nitrogens with one attached hydrogen (secondary N) is 2. The number of benzene rings is 2. The zero-order valence-corrected chi connectivity index (χ0v) is 17.8. The van der Waals surface area contributed by atoms with E-state index < -0.39 is 23.8 Å². The number of amides is 2. The average molecular weight is 483 g/mol. The lowest BCUT2D eigenvalue weighted by Gasteiger charge is -2.16. The van der Waals surface area contributed by atoms with Crippen molar-refractivity contribution in [3.63, 3.8) is 0 Å². The van der Waals surface area contributed by atoms with Gasteiger partial charge in [0.2, 0.25) is 0 Å². The molecule has 0 bridgehead atoms. The van der Waals surface area contributed by atoms with Gasteiger partial charge in [0, 0.05) is 6.42 Å². The minimum absolute atomic E-state index is 0.00212. The maximum atomic E-state index is 12.9. The zero-order valence-electron chi connectivity index (χ0n) is 16.2. The number of halogens is 1. The summed E-state index contributed by atoms with van der Waals surface area (Å²) in [4.78, 5) is 37.2. The Labute approximate surface area is 186 Å². The smallest absolute Gasteiger partial charge is 0.326 e. The van der Waals surface area contributed by atoms with E-state index in [0.29, 0.717) is 10.2 Å². The number of carboxylic acids is 1. The van der Waals surface area contributed by atoms with E-state index in [1.165, 1.54) is 12.1 Å². The Bertz CT molecular complexity index is 1090. The van der Waals surface area contributed by atoms with Gasteiger partial charge in [0.1, 0.15) is 11.7 Å². The molecule has 3 N–H and O–H groups in total. The van der Waals surface area contributed by atoms with Crippen LogP contribution in [0.1, 0.15) is 21.7 Å². The van der Waals surface area contributed by atoms with E-state index in [1.807, 2.05) is 12.1 Å². The first-order valence-electron chi connectivity index (χ1n) is 9.33. The first-order valence-corrected chi connectivity index (χ1v) is 10.1. The van der Waals surface area contributed by atoms with Gasteiger partial charge in [-0.25, -0.2) is 4.79 Å². The fourth-order valence-corrected chi connectivity index (χ4v) is 3.09. The number of hydrogen-bond acceptors (Lipinski definition) is 4. The molecule has 8 heteroatoms. The lowest BCUT2D eigenvalue weighted by Crippen LogP contribution is -2.45. The summed E-state index contributed by atoms with van der Waals surface area (Å²) in [5.41, 5.74) is 1.31. The molecule has 3 aromatic rings. The second-order valence-corrected chi connectivity index (χ2v) is 7.36. The van der Waals surface area contributed by atoms with Crippen molar-refractivity contribution in [2.75, 3.05) is 0 Å². The summed E-state index contributed by atoms with van der Waals surface area (Å²) in [5.74, 6) is -2.56. The molecule has 0 radical (unpaired) electrons. The molecule has 0 fully saturated rings. The van der Waals surface area contributed by atoms with Crippen LogP contribution >= 0.6 is 15.9 Å². The SMILES string of the molecule is O=C(N[C@H](Cc1ccccc1)C(=O)O)/C(=C/c1ccccc1)NC(=O)c1ccc(Br)o1. The van der Waals surface area contributed by atoms with Crippen LogP contribution in [0.25, 0.3) is 6.08 Å². The minimum Gasteiger partial charge on any atom is -0.480 e. The van der Waals surface area contributed by atoms with Crippen molar-refractivity contribution in [1.82, 2.24) is 10.6 Å². The first-order chi connectivity index (χ1) is 14.9. The Morgan fingerprint density at radius 1 is 0.968 bits per heavy atom. The molecule has 31 heavy (non-hydrogen) atoms. The summed E-state index contributed by atoms with van der Waals surface area (Å²) >= 11 is 3.12. The van der Waals surface area contributed by atoms with Crippen molar-refractivity contribution in [2.24, 2.45) is 0 Å². The molecular weight excluding hydrogens is 464 g/mol. The van der Waals surface area contributed by atoms with Gasteiger partial charge in [-0.1, -0.05) is 60.7 Å². The van der Waals surface area contributed by atoms with Crippen LogP contribution in [0.5, 0.6) is 0 Å². The summed E-state index contributed by atoms with van der Waals surface area (Å²) in [7, 11) is 0. The van der Waals surface area contributed by atoms with E-state index >= 15 is 0 Å². The Morgan fingerprint density at radius 2 is 1.61 bits per heavy atom. The van der Waals surface area contributed by atoms with Crippen LogP contribution in [0.2, 0.25) is 0 Å². The predicted octanol–water partition coefficient (Wildman–Crippen LogP) is 3.63. The van der Waals surface area contributed by atoms with Crippen LogP contribution in [0.4, 0.5) is 0 Å². The highest BCUT2D eigenvalue weighted by Gasteiger charge is 2.24. The van der Waals surface area contributed by atoms with E-state index in [1.54, 1.807) is 54.6 Å².